The lowest BCUT2D eigenvalue weighted by Crippen LogP contribution is -2.34. The summed E-state index contributed by atoms with van der Waals surface area (Å²) >= 11 is 0. The van der Waals surface area contributed by atoms with Crippen molar-refractivity contribution < 1.29 is 26.0 Å². The molecule has 0 aliphatic carbocycles. The van der Waals surface area contributed by atoms with Crippen LogP contribution in [-0.4, -0.2) is 14.5 Å². The SMILES string of the molecule is CC(Cc1ccco1)NS(=O)(=O)c1ccc(C(F)(F)F)cc1. The first-order valence-electron chi connectivity index (χ1n) is 6.40. The quantitative estimate of drug-likeness (QED) is 0.914. The van der Waals surface area contributed by atoms with Crippen LogP contribution in [0.4, 0.5) is 13.2 Å². The van der Waals surface area contributed by atoms with Crippen LogP contribution in [0.1, 0.15) is 18.2 Å². The second-order valence-corrected chi connectivity index (χ2v) is 6.54. The van der Waals surface area contributed by atoms with Crippen LogP contribution < -0.4 is 4.72 Å². The molecule has 1 aromatic heterocycles. The molecule has 0 spiro atoms. The summed E-state index contributed by atoms with van der Waals surface area (Å²) in [6.07, 6.45) is -2.68. The fourth-order valence-corrected chi connectivity index (χ4v) is 3.17. The molecular weight excluding hydrogens is 319 g/mol. The lowest BCUT2D eigenvalue weighted by Gasteiger charge is -2.14. The van der Waals surface area contributed by atoms with Gasteiger partial charge in [-0.2, -0.15) is 13.2 Å². The van der Waals surface area contributed by atoms with E-state index in [4.69, 9.17) is 4.42 Å². The van der Waals surface area contributed by atoms with Crippen LogP contribution in [0.2, 0.25) is 0 Å². The molecule has 1 aromatic carbocycles. The fraction of sp³-hybridized carbons (Fsp3) is 0.286. The van der Waals surface area contributed by atoms with Crippen LogP contribution >= 0.6 is 0 Å². The molecule has 0 bridgehead atoms. The van der Waals surface area contributed by atoms with E-state index in [0.29, 0.717) is 12.2 Å². The van der Waals surface area contributed by atoms with Crippen molar-refractivity contribution in [2.75, 3.05) is 0 Å². The van der Waals surface area contributed by atoms with E-state index in [1.165, 1.54) is 6.26 Å². The summed E-state index contributed by atoms with van der Waals surface area (Å²) in [5, 5.41) is 0. The second kappa shape index (κ2) is 6.13. The molecule has 0 aliphatic heterocycles. The summed E-state index contributed by atoms with van der Waals surface area (Å²) in [7, 11) is -3.88. The van der Waals surface area contributed by atoms with Crippen molar-refractivity contribution in [3.05, 3.63) is 54.0 Å². The first kappa shape index (κ1) is 16.6. The largest absolute Gasteiger partial charge is 0.469 e. The summed E-state index contributed by atoms with van der Waals surface area (Å²) in [6.45, 7) is 1.64. The van der Waals surface area contributed by atoms with Gasteiger partial charge in [0.15, 0.2) is 0 Å². The Morgan fingerprint density at radius 1 is 1.18 bits per heavy atom. The average Bonchev–Trinajstić information content (AvgIpc) is 2.90. The Kier molecular flexibility index (Phi) is 4.62. The maximum Gasteiger partial charge on any atom is 0.416 e. The molecule has 0 saturated carbocycles. The van der Waals surface area contributed by atoms with E-state index < -0.39 is 27.8 Å². The Morgan fingerprint density at radius 2 is 1.82 bits per heavy atom. The van der Waals surface area contributed by atoms with Gasteiger partial charge in [-0.25, -0.2) is 13.1 Å². The van der Waals surface area contributed by atoms with Gasteiger partial charge in [0.2, 0.25) is 10.0 Å². The minimum atomic E-state index is -4.50. The maximum atomic E-state index is 12.5. The van der Waals surface area contributed by atoms with Gasteiger partial charge in [-0.3, -0.25) is 0 Å². The number of halogens is 3. The lowest BCUT2D eigenvalue weighted by atomic mass is 10.2. The molecule has 2 rings (SSSR count). The molecule has 0 fully saturated rings. The molecule has 2 aromatic rings. The van der Waals surface area contributed by atoms with E-state index in [1.54, 1.807) is 19.1 Å². The molecule has 8 heteroatoms. The van der Waals surface area contributed by atoms with Crippen molar-refractivity contribution >= 4 is 10.0 Å². The van der Waals surface area contributed by atoms with Gasteiger partial charge in [-0.15, -0.1) is 0 Å². The van der Waals surface area contributed by atoms with Gasteiger partial charge >= 0.3 is 6.18 Å². The highest BCUT2D eigenvalue weighted by molar-refractivity contribution is 7.89. The van der Waals surface area contributed by atoms with Gasteiger partial charge in [0.25, 0.3) is 0 Å². The summed E-state index contributed by atoms with van der Waals surface area (Å²) in [4.78, 5) is -0.216. The number of furan rings is 1. The Bertz CT molecular complexity index is 707. The van der Waals surface area contributed by atoms with Gasteiger partial charge in [-0.1, -0.05) is 0 Å². The van der Waals surface area contributed by atoms with Gasteiger partial charge in [0, 0.05) is 12.5 Å². The van der Waals surface area contributed by atoms with Gasteiger partial charge in [-0.05, 0) is 43.3 Å². The molecule has 1 heterocycles. The third kappa shape index (κ3) is 4.11. The lowest BCUT2D eigenvalue weighted by molar-refractivity contribution is -0.137. The number of sulfonamides is 1. The third-order valence-electron chi connectivity index (χ3n) is 2.94. The summed E-state index contributed by atoms with van der Waals surface area (Å²) in [5.74, 6) is 0.614. The molecule has 1 N–H and O–H groups in total. The van der Waals surface area contributed by atoms with E-state index in [9.17, 15) is 21.6 Å². The molecule has 1 unspecified atom stereocenters. The Balaban J connectivity index is 2.09. The molecule has 4 nitrogen and oxygen atoms in total. The third-order valence-corrected chi connectivity index (χ3v) is 4.54. The zero-order valence-corrected chi connectivity index (χ0v) is 12.4. The average molecular weight is 333 g/mol. The van der Waals surface area contributed by atoms with Gasteiger partial charge in [0.1, 0.15) is 5.76 Å². The van der Waals surface area contributed by atoms with Crippen molar-refractivity contribution in [3.8, 4) is 0 Å². The Labute approximate surface area is 126 Å². The number of rotatable bonds is 5. The number of benzene rings is 1. The summed E-state index contributed by atoms with van der Waals surface area (Å²) < 4.78 is 69.1. The van der Waals surface area contributed by atoms with Crippen molar-refractivity contribution in [1.29, 1.82) is 0 Å². The number of nitrogens with one attached hydrogen (secondary N) is 1. The highest BCUT2D eigenvalue weighted by atomic mass is 32.2. The molecule has 0 amide bonds. The van der Waals surface area contributed by atoms with Crippen molar-refractivity contribution in [1.82, 2.24) is 4.72 Å². The number of hydrogen-bond acceptors (Lipinski definition) is 3. The van der Waals surface area contributed by atoms with Crippen LogP contribution in [0.25, 0.3) is 0 Å². The monoisotopic (exact) mass is 333 g/mol. The molecular formula is C14H14F3NO3S. The summed E-state index contributed by atoms with van der Waals surface area (Å²) in [6, 6.07) is 6.29. The number of alkyl halides is 3. The van der Waals surface area contributed by atoms with Gasteiger partial charge < -0.3 is 4.42 Å². The highest BCUT2D eigenvalue weighted by Crippen LogP contribution is 2.29. The van der Waals surface area contributed by atoms with E-state index >= 15 is 0 Å². The van der Waals surface area contributed by atoms with Crippen molar-refractivity contribution in [2.45, 2.75) is 30.5 Å². The zero-order chi connectivity index (χ0) is 16.4. The first-order chi connectivity index (χ1) is 10.2. The summed E-state index contributed by atoms with van der Waals surface area (Å²) in [5.41, 5.74) is -0.893. The normalized spacial score (nSPS) is 14.0. The zero-order valence-electron chi connectivity index (χ0n) is 11.6. The molecule has 0 aliphatic rings. The van der Waals surface area contributed by atoms with Crippen molar-refractivity contribution in [3.63, 3.8) is 0 Å². The van der Waals surface area contributed by atoms with Crippen molar-refractivity contribution in [2.24, 2.45) is 0 Å². The topological polar surface area (TPSA) is 59.3 Å². The minimum Gasteiger partial charge on any atom is -0.469 e. The standard InChI is InChI=1S/C14H14F3NO3S/c1-10(9-12-3-2-8-21-12)18-22(19,20)13-6-4-11(5-7-13)14(15,16)17/h2-8,10,18H,9H2,1H3. The smallest absolute Gasteiger partial charge is 0.416 e. The Hall–Kier alpha value is -1.80. The van der Waals surface area contributed by atoms with E-state index in [1.807, 2.05) is 0 Å². The predicted molar refractivity (Wildman–Crippen MR) is 73.6 cm³/mol. The van der Waals surface area contributed by atoms with Crippen LogP contribution in [0.5, 0.6) is 0 Å². The first-order valence-corrected chi connectivity index (χ1v) is 7.89. The van der Waals surface area contributed by atoms with Crippen LogP contribution in [0.3, 0.4) is 0 Å². The fourth-order valence-electron chi connectivity index (χ4n) is 1.93. The van der Waals surface area contributed by atoms with E-state index in [2.05, 4.69) is 4.72 Å². The van der Waals surface area contributed by atoms with Crippen LogP contribution in [0, 0.1) is 0 Å². The molecule has 22 heavy (non-hydrogen) atoms. The number of hydrogen-bond donors (Lipinski definition) is 1. The van der Waals surface area contributed by atoms with Crippen LogP contribution in [0.15, 0.2) is 52.0 Å². The maximum absolute atomic E-state index is 12.5. The molecule has 0 radical (unpaired) electrons. The van der Waals surface area contributed by atoms with Crippen LogP contribution in [-0.2, 0) is 22.6 Å². The second-order valence-electron chi connectivity index (χ2n) is 4.83. The van der Waals surface area contributed by atoms with E-state index in [0.717, 1.165) is 24.3 Å². The highest BCUT2D eigenvalue weighted by Gasteiger charge is 2.30. The predicted octanol–water partition coefficient (Wildman–Crippen LogP) is 3.21. The molecule has 120 valence electrons. The van der Waals surface area contributed by atoms with Gasteiger partial charge in [0.05, 0.1) is 16.7 Å². The molecule has 1 atom stereocenters. The molecule has 0 saturated heterocycles. The minimum absolute atomic E-state index is 0.216. The Morgan fingerprint density at radius 3 is 2.32 bits per heavy atom. The van der Waals surface area contributed by atoms with E-state index in [-0.39, 0.29) is 4.90 Å².